The molecule has 1 rings (SSSR count). The molecule has 0 fully saturated rings. The highest BCUT2D eigenvalue weighted by atomic mass is 16.7. The molecule has 0 heterocycles. The van der Waals surface area contributed by atoms with Crippen molar-refractivity contribution in [3.63, 3.8) is 0 Å². The standard InChI is InChI=1S/C15H18N2O7/c16-11(14(20)21)6-7-12(18)17-8-13(19)23-9-24-15(22)10-4-2-1-3-5-10/h1-5,11H,6-9,16H2,(H,17,18)(H,20,21)/t11-/m1/s1. The van der Waals surface area contributed by atoms with E-state index >= 15 is 0 Å². The summed E-state index contributed by atoms with van der Waals surface area (Å²) in [6.45, 7) is -1.00. The second-order valence-electron chi connectivity index (χ2n) is 4.69. The molecule has 1 aromatic rings. The minimum atomic E-state index is -1.21. The zero-order valence-electron chi connectivity index (χ0n) is 12.8. The largest absolute Gasteiger partial charge is 0.480 e. The maximum absolute atomic E-state index is 11.6. The first-order valence-corrected chi connectivity index (χ1v) is 7.03. The summed E-state index contributed by atoms with van der Waals surface area (Å²) >= 11 is 0. The minimum absolute atomic E-state index is 0.0507. The third-order valence-electron chi connectivity index (χ3n) is 2.85. The summed E-state index contributed by atoms with van der Waals surface area (Å²) in [5.41, 5.74) is 5.56. The van der Waals surface area contributed by atoms with E-state index in [-0.39, 0.29) is 12.8 Å². The number of rotatable bonds is 9. The molecule has 0 aliphatic heterocycles. The third-order valence-corrected chi connectivity index (χ3v) is 2.85. The highest BCUT2D eigenvalue weighted by Crippen LogP contribution is 2.01. The zero-order valence-corrected chi connectivity index (χ0v) is 12.8. The summed E-state index contributed by atoms with van der Waals surface area (Å²) in [7, 11) is 0. The Kier molecular flexibility index (Phi) is 7.92. The van der Waals surface area contributed by atoms with Gasteiger partial charge in [0.2, 0.25) is 12.7 Å². The van der Waals surface area contributed by atoms with E-state index < -0.39 is 43.2 Å². The number of amides is 1. The molecule has 0 spiro atoms. The van der Waals surface area contributed by atoms with Crippen LogP contribution >= 0.6 is 0 Å². The van der Waals surface area contributed by atoms with Crippen molar-refractivity contribution in [2.45, 2.75) is 18.9 Å². The molecule has 1 atom stereocenters. The van der Waals surface area contributed by atoms with Gasteiger partial charge in [-0.2, -0.15) is 0 Å². The summed E-state index contributed by atoms with van der Waals surface area (Å²) in [4.78, 5) is 44.8. The number of aliphatic carboxylic acids is 1. The van der Waals surface area contributed by atoms with Gasteiger partial charge in [-0.25, -0.2) is 4.79 Å². The lowest BCUT2D eigenvalue weighted by atomic mass is 10.1. The monoisotopic (exact) mass is 338 g/mol. The smallest absolute Gasteiger partial charge is 0.340 e. The van der Waals surface area contributed by atoms with Crippen LogP contribution in [0.1, 0.15) is 23.2 Å². The molecule has 9 heteroatoms. The lowest BCUT2D eigenvalue weighted by Crippen LogP contribution is -2.34. The molecule has 0 unspecified atom stereocenters. The first-order chi connectivity index (χ1) is 11.4. The Morgan fingerprint density at radius 2 is 1.79 bits per heavy atom. The van der Waals surface area contributed by atoms with Gasteiger partial charge in [-0.15, -0.1) is 0 Å². The Morgan fingerprint density at radius 1 is 1.12 bits per heavy atom. The fourth-order valence-corrected chi connectivity index (χ4v) is 1.53. The molecule has 0 saturated heterocycles. The maximum Gasteiger partial charge on any atom is 0.340 e. The summed E-state index contributed by atoms with van der Waals surface area (Å²) in [5.74, 6) is -3.19. The van der Waals surface area contributed by atoms with Gasteiger partial charge in [0, 0.05) is 6.42 Å². The van der Waals surface area contributed by atoms with Crippen LogP contribution in [-0.2, 0) is 23.9 Å². The number of esters is 2. The molecule has 24 heavy (non-hydrogen) atoms. The van der Waals surface area contributed by atoms with Crippen LogP contribution < -0.4 is 11.1 Å². The Morgan fingerprint density at radius 3 is 2.42 bits per heavy atom. The average molecular weight is 338 g/mol. The minimum Gasteiger partial charge on any atom is -0.480 e. The van der Waals surface area contributed by atoms with E-state index in [2.05, 4.69) is 10.1 Å². The summed E-state index contributed by atoms with van der Waals surface area (Å²) in [6.07, 6.45) is -0.186. The molecule has 0 saturated carbocycles. The van der Waals surface area contributed by atoms with Crippen molar-refractivity contribution >= 4 is 23.8 Å². The molecule has 0 bridgehead atoms. The summed E-state index contributed by atoms with van der Waals surface area (Å²) in [6, 6.07) is 7.02. The SMILES string of the molecule is N[C@H](CCC(=O)NCC(=O)OCOC(=O)c1ccccc1)C(=O)O. The van der Waals surface area contributed by atoms with E-state index in [9.17, 15) is 19.2 Å². The molecule has 1 amide bonds. The first kappa shape index (κ1) is 19.1. The van der Waals surface area contributed by atoms with Crippen LogP contribution in [0.25, 0.3) is 0 Å². The van der Waals surface area contributed by atoms with Gasteiger partial charge in [0.1, 0.15) is 12.6 Å². The number of carbonyl (C=O) groups is 4. The fraction of sp³-hybridized carbons (Fsp3) is 0.333. The molecule has 130 valence electrons. The number of benzene rings is 1. The second-order valence-corrected chi connectivity index (χ2v) is 4.69. The van der Waals surface area contributed by atoms with Gasteiger partial charge in [0.25, 0.3) is 0 Å². The van der Waals surface area contributed by atoms with E-state index in [1.807, 2.05) is 0 Å². The van der Waals surface area contributed by atoms with Gasteiger partial charge < -0.3 is 25.6 Å². The number of ether oxygens (including phenoxy) is 2. The van der Waals surface area contributed by atoms with Gasteiger partial charge in [-0.3, -0.25) is 14.4 Å². The molecular weight excluding hydrogens is 320 g/mol. The van der Waals surface area contributed by atoms with E-state index in [1.54, 1.807) is 30.3 Å². The van der Waals surface area contributed by atoms with Crippen LogP contribution in [0, 0.1) is 0 Å². The molecule has 9 nitrogen and oxygen atoms in total. The maximum atomic E-state index is 11.6. The van der Waals surface area contributed by atoms with Gasteiger partial charge in [0.15, 0.2) is 0 Å². The lowest BCUT2D eigenvalue weighted by molar-refractivity contribution is -0.152. The van der Waals surface area contributed by atoms with E-state index in [0.29, 0.717) is 5.56 Å². The highest BCUT2D eigenvalue weighted by Gasteiger charge is 2.14. The number of carboxylic acid groups (broad SMARTS) is 1. The van der Waals surface area contributed by atoms with Crippen molar-refractivity contribution in [2.24, 2.45) is 5.73 Å². The molecule has 1 aromatic carbocycles. The van der Waals surface area contributed by atoms with Crippen molar-refractivity contribution in [2.75, 3.05) is 13.3 Å². The van der Waals surface area contributed by atoms with Crippen molar-refractivity contribution in [1.29, 1.82) is 0 Å². The van der Waals surface area contributed by atoms with Gasteiger partial charge >= 0.3 is 17.9 Å². The van der Waals surface area contributed by atoms with Crippen molar-refractivity contribution in [3.05, 3.63) is 35.9 Å². The third kappa shape index (κ3) is 7.36. The van der Waals surface area contributed by atoms with Gasteiger partial charge in [-0.1, -0.05) is 18.2 Å². The normalized spacial score (nSPS) is 11.2. The number of carboxylic acids is 1. The first-order valence-electron chi connectivity index (χ1n) is 7.03. The highest BCUT2D eigenvalue weighted by molar-refractivity contribution is 5.89. The van der Waals surface area contributed by atoms with Crippen molar-refractivity contribution in [1.82, 2.24) is 5.32 Å². The Bertz CT molecular complexity index is 589. The predicted octanol–water partition coefficient (Wildman–Crippen LogP) is -0.348. The van der Waals surface area contributed by atoms with Gasteiger partial charge in [-0.05, 0) is 18.6 Å². The van der Waals surface area contributed by atoms with Crippen molar-refractivity contribution in [3.8, 4) is 0 Å². The van der Waals surface area contributed by atoms with Crippen molar-refractivity contribution < 1.29 is 33.8 Å². The van der Waals surface area contributed by atoms with Crippen LogP contribution in [0.2, 0.25) is 0 Å². The van der Waals surface area contributed by atoms with Crippen LogP contribution in [0.4, 0.5) is 0 Å². The average Bonchev–Trinajstić information content (AvgIpc) is 2.58. The molecule has 0 aliphatic carbocycles. The number of carbonyl (C=O) groups excluding carboxylic acids is 3. The Hall–Kier alpha value is -2.94. The fourth-order valence-electron chi connectivity index (χ4n) is 1.53. The zero-order chi connectivity index (χ0) is 17.9. The molecule has 0 aromatic heterocycles. The number of hydrogen-bond acceptors (Lipinski definition) is 7. The number of nitrogens with one attached hydrogen (secondary N) is 1. The summed E-state index contributed by atoms with van der Waals surface area (Å²) < 4.78 is 9.37. The van der Waals surface area contributed by atoms with E-state index in [1.165, 1.54) is 0 Å². The number of hydrogen-bond donors (Lipinski definition) is 3. The van der Waals surface area contributed by atoms with Crippen LogP contribution in [-0.4, -0.2) is 48.3 Å². The van der Waals surface area contributed by atoms with Crippen LogP contribution in [0.5, 0.6) is 0 Å². The van der Waals surface area contributed by atoms with E-state index in [0.717, 1.165) is 0 Å². The van der Waals surface area contributed by atoms with Gasteiger partial charge in [0.05, 0.1) is 5.56 Å². The predicted molar refractivity (Wildman–Crippen MR) is 80.7 cm³/mol. The molecular formula is C15H18N2O7. The summed E-state index contributed by atoms with van der Waals surface area (Å²) in [5, 5.41) is 10.8. The Labute approximate surface area is 137 Å². The molecule has 0 aliphatic rings. The number of nitrogens with two attached hydrogens (primary N) is 1. The van der Waals surface area contributed by atoms with E-state index in [4.69, 9.17) is 15.6 Å². The second kappa shape index (κ2) is 9.95. The van der Waals surface area contributed by atoms with Crippen LogP contribution in [0.3, 0.4) is 0 Å². The van der Waals surface area contributed by atoms with Crippen LogP contribution in [0.15, 0.2) is 30.3 Å². The lowest BCUT2D eigenvalue weighted by Gasteiger charge is -2.08. The quantitative estimate of drug-likeness (QED) is 0.409. The molecule has 4 N–H and O–H groups in total. The Balaban J connectivity index is 2.17. The topological polar surface area (TPSA) is 145 Å². The molecule has 0 radical (unpaired) electrons.